The molecule has 1 rings (SSSR count). The quantitative estimate of drug-likeness (QED) is 0.403. The fraction of sp³-hybridized carbons (Fsp3) is 0.111. The second-order valence-corrected chi connectivity index (χ2v) is 2.70. The highest BCUT2D eigenvalue weighted by atomic mass is 32.1. The first-order chi connectivity index (χ1) is 6.99. The third-order valence-electron chi connectivity index (χ3n) is 1.58. The monoisotopic (exact) mass is 228 g/mol. The summed E-state index contributed by atoms with van der Waals surface area (Å²) in [6.45, 7) is 6.60. The summed E-state index contributed by atoms with van der Waals surface area (Å²) in [6, 6.07) is 3.11. The van der Waals surface area contributed by atoms with Crippen LogP contribution < -0.4 is 0 Å². The van der Waals surface area contributed by atoms with Gasteiger partial charge in [0.15, 0.2) is 5.69 Å². The molecule has 0 fully saturated rings. The van der Waals surface area contributed by atoms with Crippen LogP contribution in [-0.2, 0) is 6.18 Å². The molecule has 0 aliphatic heterocycles. The van der Waals surface area contributed by atoms with Crippen molar-refractivity contribution in [2.24, 2.45) is 4.99 Å². The smallest absolute Gasteiger partial charge is 0.238 e. The molecule has 0 aliphatic carbocycles. The second-order valence-electron chi connectivity index (χ2n) is 2.51. The van der Waals surface area contributed by atoms with Crippen molar-refractivity contribution < 1.29 is 13.2 Å². The lowest BCUT2D eigenvalue weighted by molar-refractivity contribution is -0.136. The lowest BCUT2D eigenvalue weighted by atomic mass is 10.1. The van der Waals surface area contributed by atoms with Crippen molar-refractivity contribution in [3.05, 3.63) is 35.2 Å². The lowest BCUT2D eigenvalue weighted by Gasteiger charge is -2.08. The van der Waals surface area contributed by atoms with Crippen LogP contribution in [0.15, 0.2) is 23.2 Å². The summed E-state index contributed by atoms with van der Waals surface area (Å²) in [7, 11) is 0. The van der Waals surface area contributed by atoms with Gasteiger partial charge in [-0.05, 0) is 24.4 Å². The molecule has 1 aromatic carbocycles. The van der Waals surface area contributed by atoms with Crippen LogP contribution in [0.3, 0.4) is 0 Å². The van der Waals surface area contributed by atoms with Crippen LogP contribution in [0.2, 0.25) is 0 Å². The number of thiocarbonyl (C=S) groups is 1. The van der Waals surface area contributed by atoms with E-state index in [4.69, 9.17) is 6.57 Å². The Morgan fingerprint density at radius 1 is 1.40 bits per heavy atom. The number of isothiocyanates is 1. The van der Waals surface area contributed by atoms with Gasteiger partial charge in [-0.2, -0.15) is 18.2 Å². The molecule has 0 aromatic heterocycles. The van der Waals surface area contributed by atoms with Gasteiger partial charge in [-0.3, -0.25) is 0 Å². The van der Waals surface area contributed by atoms with Crippen LogP contribution in [0.5, 0.6) is 0 Å². The van der Waals surface area contributed by atoms with Crippen LogP contribution in [0.1, 0.15) is 5.56 Å². The molecule has 0 saturated heterocycles. The molecule has 1 aromatic rings. The Hall–Kier alpha value is -1.70. The van der Waals surface area contributed by atoms with Crippen molar-refractivity contribution in [1.29, 1.82) is 0 Å². The highest BCUT2D eigenvalue weighted by Gasteiger charge is 2.33. The number of halogens is 3. The van der Waals surface area contributed by atoms with E-state index in [0.29, 0.717) is 0 Å². The lowest BCUT2D eigenvalue weighted by Crippen LogP contribution is -2.04. The van der Waals surface area contributed by atoms with Gasteiger partial charge in [-0.25, -0.2) is 4.85 Å². The van der Waals surface area contributed by atoms with Gasteiger partial charge in [0.25, 0.3) is 0 Å². The Balaban J connectivity index is 3.40. The Labute approximate surface area is 88.9 Å². The molecule has 15 heavy (non-hydrogen) atoms. The number of hydrogen-bond donors (Lipinski definition) is 0. The first-order valence-corrected chi connectivity index (χ1v) is 4.06. The van der Waals surface area contributed by atoms with Crippen LogP contribution >= 0.6 is 12.2 Å². The third-order valence-corrected chi connectivity index (χ3v) is 1.67. The standard InChI is InChI=1S/C9H3F3N2S/c1-13-8-3-2-6(14-5-15)4-7(8)9(10,11)12/h2-4H. The average molecular weight is 228 g/mol. The molecule has 2 nitrogen and oxygen atoms in total. The zero-order chi connectivity index (χ0) is 11.5. The van der Waals surface area contributed by atoms with E-state index in [1.165, 1.54) is 6.07 Å². The maximum Gasteiger partial charge on any atom is 0.407 e. The summed E-state index contributed by atoms with van der Waals surface area (Å²) in [5.41, 5.74) is -1.43. The van der Waals surface area contributed by atoms with E-state index in [9.17, 15) is 13.2 Å². The number of benzene rings is 1. The first-order valence-electron chi connectivity index (χ1n) is 3.65. The summed E-state index contributed by atoms with van der Waals surface area (Å²) < 4.78 is 37.3. The maximum atomic E-state index is 12.4. The Kier molecular flexibility index (Phi) is 3.20. The minimum Gasteiger partial charge on any atom is -0.238 e. The number of nitrogens with zero attached hydrogens (tertiary/aromatic N) is 2. The maximum absolute atomic E-state index is 12.4. The van der Waals surface area contributed by atoms with E-state index in [1.807, 2.05) is 5.16 Å². The van der Waals surface area contributed by atoms with Gasteiger partial charge in [0.05, 0.1) is 23.0 Å². The van der Waals surface area contributed by atoms with Crippen molar-refractivity contribution in [1.82, 2.24) is 0 Å². The summed E-state index contributed by atoms with van der Waals surface area (Å²) in [5, 5.41) is 1.96. The van der Waals surface area contributed by atoms with E-state index < -0.39 is 17.4 Å². The number of alkyl halides is 3. The molecule has 76 valence electrons. The molecule has 0 spiro atoms. The zero-order valence-corrected chi connectivity index (χ0v) is 7.99. The van der Waals surface area contributed by atoms with Gasteiger partial charge in [-0.15, -0.1) is 0 Å². The Morgan fingerprint density at radius 3 is 2.53 bits per heavy atom. The van der Waals surface area contributed by atoms with Crippen molar-refractivity contribution in [3.63, 3.8) is 0 Å². The van der Waals surface area contributed by atoms with Crippen molar-refractivity contribution >= 4 is 28.8 Å². The minimum atomic E-state index is -4.56. The van der Waals surface area contributed by atoms with Crippen LogP contribution in [-0.4, -0.2) is 5.16 Å². The highest BCUT2D eigenvalue weighted by Crippen LogP contribution is 2.38. The fourth-order valence-electron chi connectivity index (χ4n) is 0.971. The minimum absolute atomic E-state index is 0.0322. The molecular weight excluding hydrogens is 225 g/mol. The first kappa shape index (κ1) is 11.4. The largest absolute Gasteiger partial charge is 0.407 e. The van der Waals surface area contributed by atoms with Crippen LogP contribution in [0, 0.1) is 6.57 Å². The number of rotatable bonds is 1. The Bertz CT molecular complexity index is 467. The normalized spacial score (nSPS) is 10.3. The number of hydrogen-bond acceptors (Lipinski definition) is 2. The summed E-state index contributed by atoms with van der Waals surface area (Å²) in [6.07, 6.45) is -4.56. The van der Waals surface area contributed by atoms with E-state index >= 15 is 0 Å². The SMILES string of the molecule is [C-]#[N+]c1ccc(N=C=S)cc1C(F)(F)F. The zero-order valence-electron chi connectivity index (χ0n) is 7.17. The van der Waals surface area contributed by atoms with Crippen molar-refractivity contribution in [2.45, 2.75) is 6.18 Å². The summed E-state index contributed by atoms with van der Waals surface area (Å²) >= 11 is 4.27. The molecular formula is C9H3F3N2S. The van der Waals surface area contributed by atoms with E-state index in [-0.39, 0.29) is 5.69 Å². The average Bonchev–Trinajstić information content (AvgIpc) is 2.17. The molecule has 6 heteroatoms. The van der Waals surface area contributed by atoms with Gasteiger partial charge in [0.2, 0.25) is 0 Å². The molecule has 0 atom stereocenters. The van der Waals surface area contributed by atoms with E-state index in [0.717, 1.165) is 12.1 Å². The molecule has 0 aliphatic rings. The predicted octanol–water partition coefficient (Wildman–Crippen LogP) is 3.99. The fourth-order valence-corrected chi connectivity index (χ4v) is 1.08. The van der Waals surface area contributed by atoms with Gasteiger partial charge in [0.1, 0.15) is 0 Å². The van der Waals surface area contributed by atoms with Gasteiger partial charge >= 0.3 is 6.18 Å². The second kappa shape index (κ2) is 4.22. The van der Waals surface area contributed by atoms with Crippen molar-refractivity contribution in [2.75, 3.05) is 0 Å². The summed E-state index contributed by atoms with van der Waals surface area (Å²) in [4.78, 5) is 6.20. The third kappa shape index (κ3) is 2.62. The van der Waals surface area contributed by atoms with Crippen molar-refractivity contribution in [3.8, 4) is 0 Å². The molecule has 0 saturated carbocycles. The molecule has 0 heterocycles. The van der Waals surface area contributed by atoms with Gasteiger partial charge in [-0.1, -0.05) is 6.07 Å². The molecule has 0 N–H and O–H groups in total. The summed E-state index contributed by atoms with van der Waals surface area (Å²) in [5.74, 6) is 0. The molecule has 0 radical (unpaired) electrons. The van der Waals surface area contributed by atoms with E-state index in [2.05, 4.69) is 22.1 Å². The molecule has 0 unspecified atom stereocenters. The van der Waals surface area contributed by atoms with Crippen LogP contribution in [0.4, 0.5) is 24.5 Å². The van der Waals surface area contributed by atoms with Gasteiger partial charge in [0, 0.05) is 0 Å². The van der Waals surface area contributed by atoms with Crippen LogP contribution in [0.25, 0.3) is 4.85 Å². The van der Waals surface area contributed by atoms with E-state index in [1.54, 1.807) is 0 Å². The molecule has 0 bridgehead atoms. The molecule has 0 amide bonds. The van der Waals surface area contributed by atoms with Gasteiger partial charge < -0.3 is 0 Å². The predicted molar refractivity (Wildman–Crippen MR) is 52.4 cm³/mol. The highest BCUT2D eigenvalue weighted by molar-refractivity contribution is 7.78. The number of aliphatic imine (C=N–C) groups is 1. The Morgan fingerprint density at radius 2 is 2.07 bits per heavy atom. The topological polar surface area (TPSA) is 16.7 Å².